The van der Waals surface area contributed by atoms with Crippen LogP contribution in [0.3, 0.4) is 0 Å². The van der Waals surface area contributed by atoms with E-state index in [1.807, 2.05) is 12.1 Å². The molecule has 0 unspecified atom stereocenters. The molecule has 2 heterocycles. The second kappa shape index (κ2) is 9.82. The lowest BCUT2D eigenvalue weighted by Gasteiger charge is -2.34. The molecular formula is C23H27N3O3S2. The van der Waals surface area contributed by atoms with Gasteiger partial charge in [-0.1, -0.05) is 36.4 Å². The van der Waals surface area contributed by atoms with Gasteiger partial charge in [-0.2, -0.15) is 0 Å². The summed E-state index contributed by atoms with van der Waals surface area (Å²) >= 11 is 1.19. The van der Waals surface area contributed by atoms with Crippen LogP contribution < -0.4 is 20.1 Å². The molecule has 0 spiro atoms. The van der Waals surface area contributed by atoms with Crippen molar-refractivity contribution >= 4 is 27.0 Å². The summed E-state index contributed by atoms with van der Waals surface area (Å²) in [4.78, 5) is 0. The average Bonchev–Trinajstić information content (AvgIpc) is 3.35. The van der Waals surface area contributed by atoms with Gasteiger partial charge in [-0.05, 0) is 54.6 Å². The number of sulfonamides is 1. The number of ether oxygens (including phenoxy) is 1. The maximum atomic E-state index is 12.6. The van der Waals surface area contributed by atoms with Gasteiger partial charge in [-0.25, -0.2) is 8.42 Å². The lowest BCUT2D eigenvalue weighted by atomic mass is 9.92. The van der Waals surface area contributed by atoms with Crippen molar-refractivity contribution in [1.29, 1.82) is 0 Å². The summed E-state index contributed by atoms with van der Waals surface area (Å²) in [6.45, 7) is 1.58. The molecule has 1 fully saturated rings. The van der Waals surface area contributed by atoms with Crippen LogP contribution in [0.1, 0.15) is 30.0 Å². The Morgan fingerprint density at radius 3 is 2.71 bits per heavy atom. The molecule has 0 saturated carbocycles. The van der Waals surface area contributed by atoms with E-state index < -0.39 is 10.0 Å². The van der Waals surface area contributed by atoms with E-state index in [4.69, 9.17) is 4.74 Å². The quantitative estimate of drug-likeness (QED) is 0.474. The van der Waals surface area contributed by atoms with Crippen molar-refractivity contribution in [1.82, 2.24) is 10.6 Å². The van der Waals surface area contributed by atoms with Gasteiger partial charge in [-0.15, -0.1) is 11.3 Å². The highest BCUT2D eigenvalue weighted by Gasteiger charge is 2.26. The molecule has 164 valence electrons. The van der Waals surface area contributed by atoms with Crippen LogP contribution in [-0.4, -0.2) is 28.1 Å². The highest BCUT2D eigenvalue weighted by molar-refractivity contribution is 7.94. The number of hydrogen-bond acceptors (Lipinski definition) is 6. The first-order valence-electron chi connectivity index (χ1n) is 10.3. The topological polar surface area (TPSA) is 79.5 Å². The van der Waals surface area contributed by atoms with Gasteiger partial charge in [0.1, 0.15) is 9.96 Å². The van der Waals surface area contributed by atoms with Crippen molar-refractivity contribution in [3.8, 4) is 5.75 Å². The van der Waals surface area contributed by atoms with Crippen LogP contribution in [0.25, 0.3) is 0 Å². The van der Waals surface area contributed by atoms with Gasteiger partial charge in [0, 0.05) is 29.9 Å². The molecule has 0 radical (unpaired) electrons. The van der Waals surface area contributed by atoms with Crippen LogP contribution in [-0.2, 0) is 16.6 Å². The van der Waals surface area contributed by atoms with Crippen molar-refractivity contribution in [2.45, 2.75) is 35.7 Å². The molecule has 4 rings (SSSR count). The number of anilines is 1. The molecule has 3 N–H and O–H groups in total. The molecule has 2 atom stereocenters. The minimum absolute atomic E-state index is 0.237. The predicted octanol–water partition coefficient (Wildman–Crippen LogP) is 4.14. The van der Waals surface area contributed by atoms with Gasteiger partial charge in [0.15, 0.2) is 0 Å². The van der Waals surface area contributed by atoms with Crippen LogP contribution in [0.5, 0.6) is 5.75 Å². The van der Waals surface area contributed by atoms with Crippen LogP contribution in [0.2, 0.25) is 0 Å². The molecular weight excluding hydrogens is 430 g/mol. The molecule has 0 bridgehead atoms. The van der Waals surface area contributed by atoms with E-state index in [1.54, 1.807) is 36.8 Å². The second-order valence-electron chi connectivity index (χ2n) is 7.54. The molecule has 0 aliphatic carbocycles. The lowest BCUT2D eigenvalue weighted by molar-refractivity contribution is 0.303. The third-order valence-corrected chi connectivity index (χ3v) is 8.24. The van der Waals surface area contributed by atoms with E-state index in [0.29, 0.717) is 16.4 Å². The van der Waals surface area contributed by atoms with Gasteiger partial charge in [0.25, 0.3) is 10.0 Å². The summed E-state index contributed by atoms with van der Waals surface area (Å²) in [6, 6.07) is 19.7. The van der Waals surface area contributed by atoms with E-state index in [-0.39, 0.29) is 12.1 Å². The Labute approximate surface area is 187 Å². The van der Waals surface area contributed by atoms with Crippen molar-refractivity contribution < 1.29 is 13.2 Å². The van der Waals surface area contributed by atoms with Gasteiger partial charge in [0.05, 0.1) is 7.11 Å². The molecule has 2 aromatic carbocycles. The third kappa shape index (κ3) is 5.27. The van der Waals surface area contributed by atoms with Crippen LogP contribution >= 0.6 is 11.3 Å². The Bertz CT molecular complexity index is 1090. The number of benzene rings is 2. The molecule has 8 heteroatoms. The molecule has 0 amide bonds. The normalized spacial score (nSPS) is 19.1. The van der Waals surface area contributed by atoms with Crippen LogP contribution in [0.4, 0.5) is 5.69 Å². The smallest absolute Gasteiger partial charge is 0.271 e. The van der Waals surface area contributed by atoms with Crippen molar-refractivity contribution in [3.05, 3.63) is 77.2 Å². The van der Waals surface area contributed by atoms with Gasteiger partial charge in [-0.3, -0.25) is 4.72 Å². The molecule has 1 aromatic heterocycles. The fourth-order valence-electron chi connectivity index (χ4n) is 3.96. The predicted molar refractivity (Wildman–Crippen MR) is 125 cm³/mol. The number of thiophene rings is 1. The fourth-order valence-corrected chi connectivity index (χ4v) is 6.00. The summed E-state index contributed by atoms with van der Waals surface area (Å²) in [6.07, 6.45) is 2.18. The van der Waals surface area contributed by atoms with E-state index in [2.05, 4.69) is 39.6 Å². The summed E-state index contributed by atoms with van der Waals surface area (Å²) in [5, 5.41) is 9.03. The molecule has 1 saturated heterocycles. The number of nitrogens with one attached hydrogen (secondary N) is 3. The Kier molecular flexibility index (Phi) is 6.92. The molecule has 3 aromatic rings. The van der Waals surface area contributed by atoms with E-state index in [0.717, 1.165) is 30.7 Å². The first kappa shape index (κ1) is 21.8. The maximum absolute atomic E-state index is 12.6. The van der Waals surface area contributed by atoms with Crippen LogP contribution in [0.15, 0.2) is 70.3 Å². The second-order valence-corrected chi connectivity index (χ2v) is 10.4. The number of rotatable bonds is 8. The van der Waals surface area contributed by atoms with E-state index in [1.165, 1.54) is 16.9 Å². The van der Waals surface area contributed by atoms with Crippen molar-refractivity contribution in [3.63, 3.8) is 0 Å². The Morgan fingerprint density at radius 1 is 1.13 bits per heavy atom. The SMILES string of the molecule is COc1ccc(NS(=O)(=O)c2cccs2)cc1CN[C@H]1CCCN[C@H]1c1ccccc1. The number of piperidine rings is 1. The minimum atomic E-state index is -3.59. The summed E-state index contributed by atoms with van der Waals surface area (Å²) in [5.41, 5.74) is 2.70. The Morgan fingerprint density at radius 2 is 1.97 bits per heavy atom. The zero-order valence-corrected chi connectivity index (χ0v) is 19.0. The molecule has 1 aliphatic rings. The third-order valence-electron chi connectivity index (χ3n) is 5.46. The highest BCUT2D eigenvalue weighted by Crippen LogP contribution is 2.28. The zero-order valence-electron chi connectivity index (χ0n) is 17.4. The van der Waals surface area contributed by atoms with Crippen molar-refractivity contribution in [2.75, 3.05) is 18.4 Å². The summed E-state index contributed by atoms with van der Waals surface area (Å²) in [7, 11) is -1.96. The lowest BCUT2D eigenvalue weighted by Crippen LogP contribution is -2.45. The molecule has 1 aliphatic heterocycles. The van der Waals surface area contributed by atoms with E-state index in [9.17, 15) is 8.42 Å². The average molecular weight is 458 g/mol. The minimum Gasteiger partial charge on any atom is -0.496 e. The maximum Gasteiger partial charge on any atom is 0.271 e. The fraction of sp³-hybridized carbons (Fsp3) is 0.304. The standard InChI is InChI=1S/C23H27N3O3S2/c1-29-21-12-11-19(26-31(27,28)22-10-6-14-30-22)15-18(21)16-25-20-9-5-13-24-23(20)17-7-3-2-4-8-17/h2-4,6-8,10-12,14-15,20,23-26H,5,9,13,16H2,1H3/t20-,23-/m0/s1. The molecule has 31 heavy (non-hydrogen) atoms. The summed E-state index contributed by atoms with van der Waals surface area (Å²) < 4.78 is 33.6. The Hall–Kier alpha value is -2.39. The molecule has 6 nitrogen and oxygen atoms in total. The van der Waals surface area contributed by atoms with Gasteiger partial charge in [0.2, 0.25) is 0 Å². The monoisotopic (exact) mass is 457 g/mol. The Balaban J connectivity index is 1.50. The van der Waals surface area contributed by atoms with Crippen LogP contribution in [0, 0.1) is 0 Å². The van der Waals surface area contributed by atoms with Gasteiger partial charge >= 0.3 is 0 Å². The summed E-state index contributed by atoms with van der Waals surface area (Å²) in [5.74, 6) is 0.728. The first-order valence-corrected chi connectivity index (χ1v) is 12.7. The largest absolute Gasteiger partial charge is 0.496 e. The zero-order chi connectivity index (χ0) is 21.7. The highest BCUT2D eigenvalue weighted by atomic mass is 32.2. The van der Waals surface area contributed by atoms with Crippen molar-refractivity contribution in [2.24, 2.45) is 0 Å². The van der Waals surface area contributed by atoms with E-state index >= 15 is 0 Å². The first-order chi connectivity index (χ1) is 15.1. The van der Waals surface area contributed by atoms with Gasteiger partial charge < -0.3 is 15.4 Å². The number of hydrogen-bond donors (Lipinski definition) is 3. The number of methoxy groups -OCH3 is 1.